The average Bonchev–Trinajstić information content (AvgIpc) is 2.15. The Morgan fingerprint density at radius 1 is 1.38 bits per heavy atom. The smallest absolute Gasteiger partial charge is 0.258 e. The van der Waals surface area contributed by atoms with Crippen molar-refractivity contribution >= 4 is 17.4 Å². The Kier molecular flexibility index (Phi) is 3.76. The molecule has 1 rings (SSSR count). The molecule has 0 saturated carbocycles. The van der Waals surface area contributed by atoms with Gasteiger partial charge in [0.15, 0.2) is 0 Å². The van der Waals surface area contributed by atoms with Crippen molar-refractivity contribution in [2.75, 3.05) is 5.75 Å². The third kappa shape index (κ3) is 3.06. The third-order valence-corrected chi connectivity index (χ3v) is 2.74. The minimum atomic E-state index is -0.381. The van der Waals surface area contributed by atoms with Crippen molar-refractivity contribution < 1.29 is 4.92 Å². The summed E-state index contributed by atoms with van der Waals surface area (Å²) in [6, 6.07) is 6.66. The number of benzene rings is 1. The van der Waals surface area contributed by atoms with Crippen LogP contribution in [0.1, 0.15) is 13.3 Å². The van der Waals surface area contributed by atoms with Crippen LogP contribution < -0.4 is 0 Å². The average molecular weight is 197 g/mol. The fraction of sp³-hybridized carbons (Fsp3) is 0.333. The van der Waals surface area contributed by atoms with E-state index >= 15 is 0 Å². The molecule has 0 heterocycles. The Morgan fingerprint density at radius 3 is 2.46 bits per heavy atom. The summed E-state index contributed by atoms with van der Waals surface area (Å²) in [7, 11) is 0. The summed E-state index contributed by atoms with van der Waals surface area (Å²) in [5, 5.41) is 10.3. The monoisotopic (exact) mass is 197 g/mol. The summed E-state index contributed by atoms with van der Waals surface area (Å²) < 4.78 is 0. The van der Waals surface area contributed by atoms with Crippen molar-refractivity contribution in [3.63, 3.8) is 0 Å². The Hall–Kier alpha value is -1.03. The molecule has 0 aliphatic rings. The Balaban J connectivity index is 2.64. The maximum atomic E-state index is 10.3. The fourth-order valence-corrected chi connectivity index (χ4v) is 1.65. The second-order valence-corrected chi connectivity index (χ2v) is 3.77. The van der Waals surface area contributed by atoms with Crippen LogP contribution in [0.3, 0.4) is 0 Å². The molecule has 0 aromatic heterocycles. The van der Waals surface area contributed by atoms with Gasteiger partial charge in [0.1, 0.15) is 0 Å². The van der Waals surface area contributed by atoms with Crippen LogP contribution in [-0.2, 0) is 0 Å². The molecular formula is C9H11NO2S. The van der Waals surface area contributed by atoms with Crippen LogP contribution in [0, 0.1) is 10.1 Å². The summed E-state index contributed by atoms with van der Waals surface area (Å²) in [6.07, 6.45) is 1.11. The highest BCUT2D eigenvalue weighted by atomic mass is 32.2. The molecule has 0 N–H and O–H groups in total. The van der Waals surface area contributed by atoms with Gasteiger partial charge in [-0.1, -0.05) is 6.92 Å². The zero-order valence-electron chi connectivity index (χ0n) is 7.40. The van der Waals surface area contributed by atoms with Crippen molar-refractivity contribution in [3.05, 3.63) is 34.4 Å². The van der Waals surface area contributed by atoms with E-state index in [1.54, 1.807) is 23.9 Å². The number of hydrogen-bond donors (Lipinski definition) is 0. The Bertz CT molecular complexity index is 284. The summed E-state index contributed by atoms with van der Waals surface area (Å²) in [4.78, 5) is 11.0. The molecule has 0 spiro atoms. The van der Waals surface area contributed by atoms with E-state index < -0.39 is 0 Å². The topological polar surface area (TPSA) is 43.1 Å². The molecule has 1 aromatic carbocycles. The molecule has 0 unspecified atom stereocenters. The molecule has 0 bridgehead atoms. The zero-order valence-corrected chi connectivity index (χ0v) is 8.21. The highest BCUT2D eigenvalue weighted by Gasteiger charge is 2.03. The van der Waals surface area contributed by atoms with E-state index in [-0.39, 0.29) is 10.6 Å². The van der Waals surface area contributed by atoms with Gasteiger partial charge in [-0.3, -0.25) is 10.1 Å². The van der Waals surface area contributed by atoms with Crippen LogP contribution in [0.25, 0.3) is 0 Å². The minimum Gasteiger partial charge on any atom is -0.258 e. The van der Waals surface area contributed by atoms with E-state index in [4.69, 9.17) is 0 Å². The first-order valence-electron chi connectivity index (χ1n) is 4.11. The second-order valence-electron chi connectivity index (χ2n) is 2.60. The third-order valence-electron chi connectivity index (χ3n) is 1.52. The maximum absolute atomic E-state index is 10.3. The molecule has 70 valence electrons. The van der Waals surface area contributed by atoms with Crippen molar-refractivity contribution in [1.82, 2.24) is 0 Å². The largest absolute Gasteiger partial charge is 0.269 e. The number of hydrogen-bond acceptors (Lipinski definition) is 3. The van der Waals surface area contributed by atoms with Crippen LogP contribution in [0.2, 0.25) is 0 Å². The van der Waals surface area contributed by atoms with Gasteiger partial charge in [-0.15, -0.1) is 11.8 Å². The first kappa shape index (κ1) is 10.1. The quantitative estimate of drug-likeness (QED) is 0.423. The van der Waals surface area contributed by atoms with E-state index in [0.29, 0.717) is 0 Å². The van der Waals surface area contributed by atoms with Gasteiger partial charge in [-0.2, -0.15) is 0 Å². The lowest BCUT2D eigenvalue weighted by Crippen LogP contribution is -1.86. The Morgan fingerprint density at radius 2 is 2.00 bits per heavy atom. The normalized spacial score (nSPS) is 9.92. The lowest BCUT2D eigenvalue weighted by Gasteiger charge is -1.97. The van der Waals surface area contributed by atoms with Gasteiger partial charge in [0, 0.05) is 17.0 Å². The van der Waals surface area contributed by atoms with Gasteiger partial charge in [0.05, 0.1) is 4.92 Å². The molecule has 0 radical (unpaired) electrons. The molecule has 13 heavy (non-hydrogen) atoms. The van der Waals surface area contributed by atoms with Crippen molar-refractivity contribution in [2.24, 2.45) is 0 Å². The van der Waals surface area contributed by atoms with Crippen molar-refractivity contribution in [3.8, 4) is 0 Å². The van der Waals surface area contributed by atoms with E-state index in [0.717, 1.165) is 17.1 Å². The first-order chi connectivity index (χ1) is 6.24. The molecule has 1 aromatic rings. The predicted octanol–water partition coefficient (Wildman–Crippen LogP) is 3.10. The molecule has 0 atom stereocenters. The van der Waals surface area contributed by atoms with Crippen LogP contribution in [-0.4, -0.2) is 10.7 Å². The zero-order chi connectivity index (χ0) is 9.68. The van der Waals surface area contributed by atoms with Gasteiger partial charge >= 0.3 is 0 Å². The SMILES string of the molecule is CCCSc1ccc([N+](=O)[O-])cc1. The van der Waals surface area contributed by atoms with Gasteiger partial charge in [0.2, 0.25) is 0 Å². The second kappa shape index (κ2) is 4.87. The van der Waals surface area contributed by atoms with Crippen LogP contribution in [0.5, 0.6) is 0 Å². The fourth-order valence-electron chi connectivity index (χ4n) is 0.884. The van der Waals surface area contributed by atoms with Crippen molar-refractivity contribution in [2.45, 2.75) is 18.2 Å². The lowest BCUT2D eigenvalue weighted by atomic mass is 10.3. The number of thioether (sulfide) groups is 1. The highest BCUT2D eigenvalue weighted by Crippen LogP contribution is 2.21. The Labute approximate surface area is 81.3 Å². The van der Waals surface area contributed by atoms with Gasteiger partial charge in [-0.25, -0.2) is 0 Å². The van der Waals surface area contributed by atoms with E-state index in [1.807, 2.05) is 0 Å². The molecule has 0 aliphatic carbocycles. The summed E-state index contributed by atoms with van der Waals surface area (Å²) in [6.45, 7) is 2.11. The number of rotatable bonds is 4. The number of nitro benzene ring substituents is 1. The van der Waals surface area contributed by atoms with Gasteiger partial charge in [0.25, 0.3) is 5.69 Å². The molecule has 0 fully saturated rings. The number of non-ortho nitro benzene ring substituents is 1. The molecule has 0 saturated heterocycles. The molecule has 0 aliphatic heterocycles. The summed E-state index contributed by atoms with van der Waals surface area (Å²) >= 11 is 1.72. The summed E-state index contributed by atoms with van der Waals surface area (Å²) in [5.74, 6) is 1.05. The number of nitrogens with zero attached hydrogens (tertiary/aromatic N) is 1. The molecule has 0 amide bonds. The van der Waals surface area contributed by atoms with Gasteiger partial charge in [-0.05, 0) is 24.3 Å². The molecule has 3 nitrogen and oxygen atoms in total. The van der Waals surface area contributed by atoms with E-state index in [9.17, 15) is 10.1 Å². The lowest BCUT2D eigenvalue weighted by molar-refractivity contribution is -0.384. The molecule has 4 heteroatoms. The number of nitro groups is 1. The van der Waals surface area contributed by atoms with Crippen LogP contribution >= 0.6 is 11.8 Å². The van der Waals surface area contributed by atoms with E-state index in [1.165, 1.54) is 12.1 Å². The highest BCUT2D eigenvalue weighted by molar-refractivity contribution is 7.99. The first-order valence-corrected chi connectivity index (χ1v) is 5.10. The van der Waals surface area contributed by atoms with Crippen LogP contribution in [0.15, 0.2) is 29.2 Å². The van der Waals surface area contributed by atoms with Crippen molar-refractivity contribution in [1.29, 1.82) is 0 Å². The predicted molar refractivity (Wildman–Crippen MR) is 54.1 cm³/mol. The van der Waals surface area contributed by atoms with E-state index in [2.05, 4.69) is 6.92 Å². The minimum absolute atomic E-state index is 0.154. The standard InChI is InChI=1S/C9H11NO2S/c1-2-7-13-9-5-3-8(4-6-9)10(11)12/h3-6H,2,7H2,1H3. The van der Waals surface area contributed by atoms with Gasteiger partial charge < -0.3 is 0 Å². The van der Waals surface area contributed by atoms with Crippen LogP contribution in [0.4, 0.5) is 5.69 Å². The summed E-state index contributed by atoms with van der Waals surface area (Å²) in [5.41, 5.74) is 0.154. The molecular weight excluding hydrogens is 186 g/mol. The maximum Gasteiger partial charge on any atom is 0.269 e.